The molecule has 3 nitrogen and oxygen atoms in total. The number of hydrogen-bond donors (Lipinski definition) is 1. The van der Waals surface area contributed by atoms with Crippen molar-refractivity contribution in [1.29, 1.82) is 0 Å². The third kappa shape index (κ3) is 5.09. The summed E-state index contributed by atoms with van der Waals surface area (Å²) < 4.78 is 40.4. The van der Waals surface area contributed by atoms with Crippen molar-refractivity contribution >= 4 is 27.3 Å². The Balaban J connectivity index is 1.12. The van der Waals surface area contributed by atoms with Crippen LogP contribution in [0.25, 0.3) is 10.1 Å². The number of nitrogens with zero attached hydrogens (tertiary/aromatic N) is 1. The molecule has 0 radical (unpaired) electrons. The number of amides is 1. The maximum atomic E-state index is 13.4. The lowest BCUT2D eigenvalue weighted by Crippen LogP contribution is -2.39. The van der Waals surface area contributed by atoms with Crippen LogP contribution in [0.1, 0.15) is 68.9 Å². The second kappa shape index (κ2) is 9.21. The second-order valence-corrected chi connectivity index (χ2v) is 11.4. The number of halogens is 3. The number of carbonyl (C=O) groups excluding carboxylic acids is 1. The van der Waals surface area contributed by atoms with Crippen LogP contribution in [0.2, 0.25) is 0 Å². The Morgan fingerprint density at radius 1 is 1.12 bits per heavy atom. The SMILES string of the molecule is CC1CCC(NC(=O)[C@@H]2CC2CN2CCC(c3csc4c(C(F)(F)F)cccc34)CC2)CC1. The van der Waals surface area contributed by atoms with Gasteiger partial charge in [0.05, 0.1) is 5.56 Å². The number of alkyl halides is 3. The van der Waals surface area contributed by atoms with E-state index < -0.39 is 11.7 Å². The molecule has 1 N–H and O–H groups in total. The van der Waals surface area contributed by atoms with E-state index in [2.05, 4.69) is 17.1 Å². The molecule has 5 rings (SSSR count). The summed E-state index contributed by atoms with van der Waals surface area (Å²) in [5.74, 6) is 1.97. The first-order valence-electron chi connectivity index (χ1n) is 12.4. The first-order valence-corrected chi connectivity index (χ1v) is 13.3. The first-order chi connectivity index (χ1) is 15.8. The van der Waals surface area contributed by atoms with Crippen molar-refractivity contribution in [1.82, 2.24) is 10.2 Å². The van der Waals surface area contributed by atoms with Gasteiger partial charge in [0.2, 0.25) is 5.91 Å². The minimum absolute atomic E-state index is 0.170. The third-order valence-corrected chi connectivity index (χ3v) is 9.12. The summed E-state index contributed by atoms with van der Waals surface area (Å²) in [6, 6.07) is 4.91. The summed E-state index contributed by atoms with van der Waals surface area (Å²) >= 11 is 1.22. The van der Waals surface area contributed by atoms with E-state index in [1.165, 1.54) is 36.3 Å². The Kier molecular flexibility index (Phi) is 6.47. The normalized spacial score (nSPS) is 29.3. The fourth-order valence-corrected chi connectivity index (χ4v) is 7.05. The van der Waals surface area contributed by atoms with E-state index in [0.29, 0.717) is 22.6 Å². The Bertz CT molecular complexity index is 987. The van der Waals surface area contributed by atoms with Crippen LogP contribution < -0.4 is 5.32 Å². The van der Waals surface area contributed by atoms with Gasteiger partial charge in [-0.2, -0.15) is 13.2 Å². The molecular formula is C26H33F3N2OS. The summed E-state index contributed by atoms with van der Waals surface area (Å²) in [7, 11) is 0. The molecule has 1 aromatic carbocycles. The van der Waals surface area contributed by atoms with Gasteiger partial charge in [-0.1, -0.05) is 19.1 Å². The van der Waals surface area contributed by atoms with Gasteiger partial charge >= 0.3 is 6.18 Å². The van der Waals surface area contributed by atoms with E-state index >= 15 is 0 Å². The molecule has 2 heterocycles. The van der Waals surface area contributed by atoms with Crippen LogP contribution in [0, 0.1) is 17.8 Å². The van der Waals surface area contributed by atoms with E-state index in [4.69, 9.17) is 0 Å². The smallest absolute Gasteiger partial charge is 0.353 e. The molecule has 180 valence electrons. The summed E-state index contributed by atoms with van der Waals surface area (Å²) in [6.45, 7) is 5.16. The molecule has 33 heavy (non-hydrogen) atoms. The Morgan fingerprint density at radius 2 is 1.85 bits per heavy atom. The van der Waals surface area contributed by atoms with Gasteiger partial charge in [-0.25, -0.2) is 0 Å². The van der Waals surface area contributed by atoms with Crippen LogP contribution in [0.4, 0.5) is 13.2 Å². The minimum atomic E-state index is -4.31. The van der Waals surface area contributed by atoms with Gasteiger partial charge < -0.3 is 10.2 Å². The number of likely N-dealkylation sites (tertiary alicyclic amines) is 1. The Labute approximate surface area is 197 Å². The van der Waals surface area contributed by atoms with Crippen molar-refractivity contribution in [2.45, 2.75) is 70.0 Å². The highest BCUT2D eigenvalue weighted by Crippen LogP contribution is 2.44. The molecule has 2 aliphatic carbocycles. The molecule has 1 unspecified atom stereocenters. The fourth-order valence-electron chi connectivity index (χ4n) is 5.86. The zero-order chi connectivity index (χ0) is 23.2. The van der Waals surface area contributed by atoms with Crippen molar-refractivity contribution in [3.8, 4) is 0 Å². The Morgan fingerprint density at radius 3 is 2.55 bits per heavy atom. The highest BCUT2D eigenvalue weighted by atomic mass is 32.1. The standard InChI is InChI=1S/C26H33F3N2OS/c1-16-5-7-19(8-6-16)30-25(32)21-13-18(21)14-31-11-9-17(10-12-31)22-15-33-24-20(22)3-2-4-23(24)26(27,28)29/h2-4,15-19,21H,5-14H2,1H3,(H,30,32)/t16?,18?,19?,21-/m1/s1. The molecular weight excluding hydrogens is 445 g/mol. The third-order valence-electron chi connectivity index (χ3n) is 8.08. The summed E-state index contributed by atoms with van der Waals surface area (Å²) in [5, 5.41) is 6.00. The number of benzene rings is 1. The molecule has 3 fully saturated rings. The molecule has 7 heteroatoms. The lowest BCUT2D eigenvalue weighted by molar-refractivity contribution is -0.136. The summed E-state index contributed by atoms with van der Waals surface area (Å²) in [4.78, 5) is 15.1. The maximum absolute atomic E-state index is 13.4. The van der Waals surface area contributed by atoms with Crippen LogP contribution in [-0.2, 0) is 11.0 Å². The number of piperidine rings is 1. The Hall–Kier alpha value is -1.60. The molecule has 1 aromatic heterocycles. The second-order valence-electron chi connectivity index (χ2n) is 10.5. The molecule has 2 saturated carbocycles. The summed E-state index contributed by atoms with van der Waals surface area (Å²) in [5.41, 5.74) is 0.556. The topological polar surface area (TPSA) is 32.3 Å². The van der Waals surface area contributed by atoms with E-state index in [9.17, 15) is 18.0 Å². The largest absolute Gasteiger partial charge is 0.417 e. The van der Waals surface area contributed by atoms with Crippen LogP contribution in [0.3, 0.4) is 0 Å². The maximum Gasteiger partial charge on any atom is 0.417 e. The van der Waals surface area contributed by atoms with Crippen molar-refractivity contribution < 1.29 is 18.0 Å². The molecule has 0 spiro atoms. The molecule has 0 bridgehead atoms. The van der Waals surface area contributed by atoms with Crippen molar-refractivity contribution in [3.05, 3.63) is 34.7 Å². The molecule has 2 aromatic rings. The number of thiophene rings is 1. The quantitative estimate of drug-likeness (QED) is 0.537. The van der Waals surface area contributed by atoms with Gasteiger partial charge in [-0.05, 0) is 98.2 Å². The van der Waals surface area contributed by atoms with Crippen LogP contribution in [0.15, 0.2) is 23.6 Å². The average molecular weight is 479 g/mol. The van der Waals surface area contributed by atoms with E-state index in [0.717, 1.165) is 68.6 Å². The zero-order valence-corrected chi connectivity index (χ0v) is 20.0. The minimum Gasteiger partial charge on any atom is -0.353 e. The average Bonchev–Trinajstić information content (AvgIpc) is 3.42. The van der Waals surface area contributed by atoms with Gasteiger partial charge in [0, 0.05) is 23.2 Å². The van der Waals surface area contributed by atoms with E-state index in [1.807, 2.05) is 11.4 Å². The molecule has 1 aliphatic heterocycles. The van der Waals surface area contributed by atoms with E-state index in [1.54, 1.807) is 0 Å². The predicted octanol–water partition coefficient (Wildman–Crippen LogP) is 6.43. The van der Waals surface area contributed by atoms with Gasteiger partial charge in [0.25, 0.3) is 0 Å². The number of carbonyl (C=O) groups is 1. The van der Waals surface area contributed by atoms with Crippen LogP contribution in [0.5, 0.6) is 0 Å². The fraction of sp³-hybridized carbons (Fsp3) is 0.654. The predicted molar refractivity (Wildman–Crippen MR) is 126 cm³/mol. The van der Waals surface area contributed by atoms with Gasteiger partial charge in [0.1, 0.15) is 0 Å². The lowest BCUT2D eigenvalue weighted by Gasteiger charge is -2.32. The highest BCUT2D eigenvalue weighted by molar-refractivity contribution is 7.17. The van der Waals surface area contributed by atoms with Crippen LogP contribution in [-0.4, -0.2) is 36.5 Å². The summed E-state index contributed by atoms with van der Waals surface area (Å²) in [6.07, 6.45) is 3.25. The number of nitrogens with one attached hydrogen (secondary N) is 1. The van der Waals surface area contributed by atoms with Gasteiger partial charge in [-0.3, -0.25) is 4.79 Å². The number of rotatable bonds is 5. The van der Waals surface area contributed by atoms with Crippen LogP contribution >= 0.6 is 11.3 Å². The van der Waals surface area contributed by atoms with Crippen molar-refractivity contribution in [3.63, 3.8) is 0 Å². The monoisotopic (exact) mass is 478 g/mol. The van der Waals surface area contributed by atoms with Crippen molar-refractivity contribution in [2.75, 3.05) is 19.6 Å². The molecule has 2 atom stereocenters. The number of fused-ring (bicyclic) bond motifs is 1. The van der Waals surface area contributed by atoms with E-state index in [-0.39, 0.29) is 11.8 Å². The van der Waals surface area contributed by atoms with Gasteiger partial charge in [-0.15, -0.1) is 11.3 Å². The molecule has 1 saturated heterocycles. The molecule has 1 amide bonds. The highest BCUT2D eigenvalue weighted by Gasteiger charge is 2.44. The molecule has 3 aliphatic rings. The zero-order valence-electron chi connectivity index (χ0n) is 19.2. The first kappa shape index (κ1) is 23.2. The number of hydrogen-bond acceptors (Lipinski definition) is 3. The van der Waals surface area contributed by atoms with Crippen molar-refractivity contribution in [2.24, 2.45) is 17.8 Å². The lowest BCUT2D eigenvalue weighted by atomic mass is 9.87. The van der Waals surface area contributed by atoms with Gasteiger partial charge in [0.15, 0.2) is 0 Å².